The lowest BCUT2D eigenvalue weighted by Gasteiger charge is -2.26. The number of pyridine rings is 2. The van der Waals surface area contributed by atoms with Gasteiger partial charge in [-0.3, -0.25) is 4.79 Å². The van der Waals surface area contributed by atoms with E-state index < -0.39 is 0 Å². The van der Waals surface area contributed by atoms with Gasteiger partial charge in [-0.25, -0.2) is 9.97 Å². The fraction of sp³-hybridized carbons (Fsp3) is 0.400. The summed E-state index contributed by atoms with van der Waals surface area (Å²) in [6.07, 6.45) is 1.64. The summed E-state index contributed by atoms with van der Waals surface area (Å²) in [5.41, 5.74) is 9.12. The molecule has 6 nitrogen and oxygen atoms in total. The molecule has 2 aromatic heterocycles. The van der Waals surface area contributed by atoms with Gasteiger partial charge in [-0.1, -0.05) is 0 Å². The molecule has 1 amide bonds. The standard InChI is InChI=1S/C15H16N4O2S/c16-14-11-8-21-7-10(11)9-5-12(17-6-13(9)18-14)15(20)19-1-3-22-4-2-19/h5-6H,1-4,7-8H2,(H2,16,18). The Hall–Kier alpha value is -1.86. The SMILES string of the molecule is Nc1nc2cnc(C(=O)N3CCSCC3)cc2c2c1COC2. The monoisotopic (exact) mass is 316 g/mol. The smallest absolute Gasteiger partial charge is 0.272 e. The fourth-order valence-electron chi connectivity index (χ4n) is 2.92. The molecule has 4 rings (SSSR count). The summed E-state index contributed by atoms with van der Waals surface area (Å²) in [6.45, 7) is 2.56. The van der Waals surface area contributed by atoms with Gasteiger partial charge >= 0.3 is 0 Å². The third-order valence-electron chi connectivity index (χ3n) is 4.13. The molecule has 22 heavy (non-hydrogen) atoms. The highest BCUT2D eigenvalue weighted by Gasteiger charge is 2.23. The first-order valence-electron chi connectivity index (χ1n) is 7.26. The minimum Gasteiger partial charge on any atom is -0.383 e. The second-order valence-electron chi connectivity index (χ2n) is 5.44. The van der Waals surface area contributed by atoms with E-state index in [-0.39, 0.29) is 5.91 Å². The van der Waals surface area contributed by atoms with Crippen molar-refractivity contribution in [2.24, 2.45) is 0 Å². The molecular formula is C15H16N4O2S. The minimum atomic E-state index is -0.00769. The summed E-state index contributed by atoms with van der Waals surface area (Å²) in [6, 6.07) is 1.83. The van der Waals surface area contributed by atoms with Crippen molar-refractivity contribution in [3.05, 3.63) is 29.1 Å². The maximum atomic E-state index is 12.6. The highest BCUT2D eigenvalue weighted by atomic mass is 32.2. The van der Waals surface area contributed by atoms with Crippen molar-refractivity contribution in [1.29, 1.82) is 0 Å². The Morgan fingerprint density at radius 3 is 2.86 bits per heavy atom. The number of nitrogens with zero attached hydrogens (tertiary/aromatic N) is 3. The zero-order valence-corrected chi connectivity index (χ0v) is 12.9. The van der Waals surface area contributed by atoms with Crippen molar-refractivity contribution in [2.75, 3.05) is 30.3 Å². The first kappa shape index (κ1) is 13.8. The Labute approximate surface area is 132 Å². The molecule has 0 saturated carbocycles. The topological polar surface area (TPSA) is 81.3 Å². The average molecular weight is 316 g/mol. The van der Waals surface area contributed by atoms with E-state index in [2.05, 4.69) is 9.97 Å². The highest BCUT2D eigenvalue weighted by molar-refractivity contribution is 7.99. The maximum Gasteiger partial charge on any atom is 0.272 e. The van der Waals surface area contributed by atoms with Gasteiger partial charge in [0, 0.05) is 35.5 Å². The second-order valence-corrected chi connectivity index (χ2v) is 6.66. The van der Waals surface area contributed by atoms with Crippen LogP contribution in [-0.4, -0.2) is 45.4 Å². The summed E-state index contributed by atoms with van der Waals surface area (Å²) >= 11 is 1.88. The van der Waals surface area contributed by atoms with Crippen LogP contribution in [0.2, 0.25) is 0 Å². The predicted octanol–water partition coefficient (Wildman–Crippen LogP) is 1.43. The molecule has 0 bridgehead atoms. The first-order chi connectivity index (χ1) is 10.7. The number of rotatable bonds is 1. The van der Waals surface area contributed by atoms with Gasteiger partial charge in [0.1, 0.15) is 11.5 Å². The zero-order chi connectivity index (χ0) is 15.1. The molecule has 2 aliphatic rings. The number of fused-ring (bicyclic) bond motifs is 3. The number of anilines is 1. The van der Waals surface area contributed by atoms with Gasteiger partial charge in [-0.2, -0.15) is 11.8 Å². The van der Waals surface area contributed by atoms with Crippen LogP contribution in [0.4, 0.5) is 5.82 Å². The number of nitrogen functional groups attached to an aromatic ring is 1. The average Bonchev–Trinajstić information content (AvgIpc) is 3.05. The summed E-state index contributed by atoms with van der Waals surface area (Å²) < 4.78 is 5.48. The zero-order valence-electron chi connectivity index (χ0n) is 12.0. The molecule has 0 aromatic carbocycles. The van der Waals surface area contributed by atoms with Crippen LogP contribution in [0.1, 0.15) is 21.6 Å². The fourth-order valence-corrected chi connectivity index (χ4v) is 3.82. The van der Waals surface area contributed by atoms with E-state index in [0.717, 1.165) is 41.1 Å². The predicted molar refractivity (Wildman–Crippen MR) is 85.7 cm³/mol. The summed E-state index contributed by atoms with van der Waals surface area (Å²) in [4.78, 5) is 23.1. The van der Waals surface area contributed by atoms with Crippen LogP contribution in [-0.2, 0) is 18.0 Å². The van der Waals surface area contributed by atoms with E-state index in [9.17, 15) is 4.79 Å². The Balaban J connectivity index is 1.77. The van der Waals surface area contributed by atoms with Crippen molar-refractivity contribution in [3.63, 3.8) is 0 Å². The second kappa shape index (κ2) is 5.40. The number of aromatic nitrogens is 2. The van der Waals surface area contributed by atoms with Gasteiger partial charge in [-0.15, -0.1) is 0 Å². The van der Waals surface area contributed by atoms with Crippen LogP contribution < -0.4 is 5.73 Å². The molecule has 0 unspecified atom stereocenters. The van der Waals surface area contributed by atoms with Gasteiger partial charge < -0.3 is 15.4 Å². The summed E-state index contributed by atoms with van der Waals surface area (Å²) in [7, 11) is 0. The number of carbonyl (C=O) groups excluding carboxylic acids is 1. The van der Waals surface area contributed by atoms with E-state index in [4.69, 9.17) is 10.5 Å². The maximum absolute atomic E-state index is 12.6. The summed E-state index contributed by atoms with van der Waals surface area (Å²) in [5, 5.41) is 0.923. The number of carbonyl (C=O) groups is 1. The van der Waals surface area contributed by atoms with Crippen LogP contribution in [0.15, 0.2) is 12.3 Å². The molecule has 0 atom stereocenters. The minimum absolute atomic E-state index is 0.00769. The number of hydrogen-bond acceptors (Lipinski definition) is 6. The molecule has 1 fully saturated rings. The Morgan fingerprint density at radius 1 is 1.27 bits per heavy atom. The van der Waals surface area contributed by atoms with Crippen LogP contribution in [0, 0.1) is 0 Å². The van der Waals surface area contributed by atoms with Crippen LogP contribution in [0.3, 0.4) is 0 Å². The van der Waals surface area contributed by atoms with Gasteiger partial charge in [-0.05, 0) is 11.6 Å². The highest BCUT2D eigenvalue weighted by Crippen LogP contribution is 2.31. The number of nitrogens with two attached hydrogens (primary N) is 1. The van der Waals surface area contributed by atoms with Gasteiger partial charge in [0.05, 0.1) is 24.9 Å². The van der Waals surface area contributed by atoms with Crippen LogP contribution >= 0.6 is 11.8 Å². The molecule has 0 aliphatic carbocycles. The van der Waals surface area contributed by atoms with Crippen molar-refractivity contribution < 1.29 is 9.53 Å². The van der Waals surface area contributed by atoms with Gasteiger partial charge in [0.15, 0.2) is 0 Å². The van der Waals surface area contributed by atoms with E-state index in [1.807, 2.05) is 22.7 Å². The number of amides is 1. The van der Waals surface area contributed by atoms with Crippen molar-refractivity contribution in [3.8, 4) is 0 Å². The van der Waals surface area contributed by atoms with Gasteiger partial charge in [0.2, 0.25) is 0 Å². The van der Waals surface area contributed by atoms with E-state index >= 15 is 0 Å². The molecule has 2 aliphatic heterocycles. The molecule has 7 heteroatoms. The molecular weight excluding hydrogens is 300 g/mol. The lowest BCUT2D eigenvalue weighted by atomic mass is 10.1. The van der Waals surface area contributed by atoms with Crippen molar-refractivity contribution >= 4 is 34.4 Å². The Kier molecular flexibility index (Phi) is 3.38. The van der Waals surface area contributed by atoms with Gasteiger partial charge in [0.25, 0.3) is 5.91 Å². The Bertz CT molecular complexity index is 759. The largest absolute Gasteiger partial charge is 0.383 e. The van der Waals surface area contributed by atoms with E-state index in [1.165, 1.54) is 0 Å². The molecule has 1 saturated heterocycles. The lowest BCUT2D eigenvalue weighted by Crippen LogP contribution is -2.38. The number of hydrogen-bond donors (Lipinski definition) is 1. The number of thioether (sulfide) groups is 1. The normalized spacial score (nSPS) is 17.7. The molecule has 4 heterocycles. The molecule has 114 valence electrons. The lowest BCUT2D eigenvalue weighted by molar-refractivity contribution is 0.0766. The van der Waals surface area contributed by atoms with Crippen molar-refractivity contribution in [2.45, 2.75) is 13.2 Å². The molecule has 0 spiro atoms. The van der Waals surface area contributed by atoms with Crippen LogP contribution in [0.5, 0.6) is 0 Å². The molecule has 2 N–H and O–H groups in total. The molecule has 0 radical (unpaired) electrons. The first-order valence-corrected chi connectivity index (χ1v) is 8.41. The third-order valence-corrected chi connectivity index (χ3v) is 5.08. The third kappa shape index (κ3) is 2.21. The van der Waals surface area contributed by atoms with E-state index in [1.54, 1.807) is 6.20 Å². The summed E-state index contributed by atoms with van der Waals surface area (Å²) in [5.74, 6) is 2.46. The number of ether oxygens (including phenoxy) is 1. The quantitative estimate of drug-likeness (QED) is 0.857. The van der Waals surface area contributed by atoms with E-state index in [0.29, 0.717) is 30.2 Å². The van der Waals surface area contributed by atoms with Crippen molar-refractivity contribution in [1.82, 2.24) is 14.9 Å². The van der Waals surface area contributed by atoms with Crippen LogP contribution in [0.25, 0.3) is 10.9 Å². The Morgan fingerprint density at radius 2 is 2.05 bits per heavy atom. The molecule has 2 aromatic rings.